The van der Waals surface area contributed by atoms with E-state index in [1.807, 2.05) is 6.07 Å². The van der Waals surface area contributed by atoms with Crippen molar-refractivity contribution in [2.45, 2.75) is 11.7 Å². The first-order valence-corrected chi connectivity index (χ1v) is 9.85. The molecule has 3 heterocycles. The van der Waals surface area contributed by atoms with Crippen LogP contribution in [0.3, 0.4) is 0 Å². The first-order valence-electron chi connectivity index (χ1n) is 7.48. The van der Waals surface area contributed by atoms with Gasteiger partial charge in [-0.25, -0.2) is 13.4 Å². The second-order valence-electron chi connectivity index (χ2n) is 5.97. The number of likely N-dealkylation sites (N-methyl/N-ethyl adjacent to an activating group) is 1. The Morgan fingerprint density at radius 3 is 2.43 bits per heavy atom. The maximum atomic E-state index is 12.0. The lowest BCUT2D eigenvalue weighted by atomic mass is 10.3. The van der Waals surface area contributed by atoms with Gasteiger partial charge in [0.25, 0.3) is 0 Å². The number of carbonyl (C=O) groups is 1. The van der Waals surface area contributed by atoms with E-state index in [0.717, 1.165) is 31.9 Å². The molecule has 2 fully saturated rings. The normalized spacial score (nSPS) is 23.6. The second kappa shape index (κ2) is 6.26. The van der Waals surface area contributed by atoms with Crippen molar-refractivity contribution in [2.24, 2.45) is 0 Å². The highest BCUT2D eigenvalue weighted by atomic mass is 35.7. The Labute approximate surface area is 140 Å². The molecule has 0 spiro atoms. The lowest BCUT2D eigenvalue weighted by Crippen LogP contribution is -2.44. The van der Waals surface area contributed by atoms with E-state index in [0.29, 0.717) is 5.82 Å². The highest BCUT2D eigenvalue weighted by Crippen LogP contribution is 2.26. The molecule has 7 nitrogen and oxygen atoms in total. The highest BCUT2D eigenvalue weighted by molar-refractivity contribution is 8.14. The number of nitrogens with zero attached hydrogens (tertiary/aromatic N) is 4. The van der Waals surface area contributed by atoms with E-state index in [2.05, 4.69) is 21.8 Å². The van der Waals surface area contributed by atoms with E-state index in [1.54, 1.807) is 12.3 Å². The Morgan fingerprint density at radius 2 is 1.91 bits per heavy atom. The van der Waals surface area contributed by atoms with Crippen LogP contribution in [0.4, 0.5) is 11.5 Å². The van der Waals surface area contributed by atoms with Gasteiger partial charge in [0, 0.05) is 49.8 Å². The summed E-state index contributed by atoms with van der Waals surface area (Å²) < 4.78 is 22.8. The molecule has 2 aliphatic heterocycles. The summed E-state index contributed by atoms with van der Waals surface area (Å²) in [6.45, 7) is 3.94. The monoisotopic (exact) mass is 358 g/mol. The lowest BCUT2D eigenvalue weighted by Gasteiger charge is -2.33. The van der Waals surface area contributed by atoms with E-state index < -0.39 is 14.3 Å². The highest BCUT2D eigenvalue weighted by Gasteiger charge is 2.38. The maximum absolute atomic E-state index is 12.0. The van der Waals surface area contributed by atoms with Crippen LogP contribution in [-0.2, 0) is 13.8 Å². The molecule has 0 N–H and O–H groups in total. The van der Waals surface area contributed by atoms with Crippen molar-refractivity contribution >= 4 is 37.1 Å². The number of aromatic nitrogens is 1. The third-order valence-corrected chi connectivity index (χ3v) is 6.23. The van der Waals surface area contributed by atoms with Gasteiger partial charge in [0.2, 0.25) is 15.0 Å². The molecule has 0 saturated carbocycles. The standard InChI is InChI=1S/C14H19ClN4O3S/c1-17-4-6-18(7-5-17)11-2-3-13(16-9-11)19-10-12(8-14(19)20)23(15,21)22/h2-3,9,12H,4-8,10H2,1H3. The SMILES string of the molecule is CN1CCN(c2ccc(N3CC(S(=O)(=O)Cl)CC3=O)nc2)CC1. The zero-order valence-corrected chi connectivity index (χ0v) is 14.4. The molecule has 2 aliphatic rings. The maximum Gasteiger partial charge on any atom is 0.237 e. The van der Waals surface area contributed by atoms with Gasteiger partial charge >= 0.3 is 0 Å². The van der Waals surface area contributed by atoms with Crippen LogP contribution < -0.4 is 9.80 Å². The number of amides is 1. The fourth-order valence-corrected chi connectivity index (χ4v) is 3.90. The largest absolute Gasteiger partial charge is 0.368 e. The number of hydrogen-bond acceptors (Lipinski definition) is 6. The predicted octanol–water partition coefficient (Wildman–Crippen LogP) is 0.507. The number of piperazine rings is 1. The number of carbonyl (C=O) groups excluding carboxylic acids is 1. The number of pyridine rings is 1. The zero-order valence-electron chi connectivity index (χ0n) is 12.9. The van der Waals surface area contributed by atoms with Gasteiger partial charge in [0.1, 0.15) is 11.1 Å². The van der Waals surface area contributed by atoms with Gasteiger partial charge in [-0.05, 0) is 19.2 Å². The average molecular weight is 359 g/mol. The molecule has 23 heavy (non-hydrogen) atoms. The summed E-state index contributed by atoms with van der Waals surface area (Å²) in [6.07, 6.45) is 1.64. The van der Waals surface area contributed by atoms with Crippen LogP contribution in [0.5, 0.6) is 0 Å². The van der Waals surface area contributed by atoms with Crippen LogP contribution in [0.25, 0.3) is 0 Å². The van der Waals surface area contributed by atoms with Gasteiger partial charge in [-0.3, -0.25) is 9.69 Å². The van der Waals surface area contributed by atoms with E-state index in [-0.39, 0.29) is 18.9 Å². The van der Waals surface area contributed by atoms with Gasteiger partial charge in [0.05, 0.1) is 11.9 Å². The summed E-state index contributed by atoms with van der Waals surface area (Å²) in [5.74, 6) is 0.203. The molecule has 1 amide bonds. The van der Waals surface area contributed by atoms with Crippen molar-refractivity contribution < 1.29 is 13.2 Å². The van der Waals surface area contributed by atoms with Crippen LogP contribution in [0, 0.1) is 0 Å². The third kappa shape index (κ3) is 3.59. The first kappa shape index (κ1) is 16.5. The van der Waals surface area contributed by atoms with Crippen LogP contribution in [0.15, 0.2) is 18.3 Å². The van der Waals surface area contributed by atoms with E-state index in [9.17, 15) is 13.2 Å². The Morgan fingerprint density at radius 1 is 1.22 bits per heavy atom. The number of halogens is 1. The Hall–Kier alpha value is -1.38. The lowest BCUT2D eigenvalue weighted by molar-refractivity contribution is -0.117. The predicted molar refractivity (Wildman–Crippen MR) is 89.5 cm³/mol. The van der Waals surface area contributed by atoms with E-state index in [4.69, 9.17) is 10.7 Å². The zero-order chi connectivity index (χ0) is 16.6. The Bertz CT molecular complexity index is 686. The van der Waals surface area contributed by atoms with Gasteiger partial charge in [0.15, 0.2) is 0 Å². The Kier molecular flexibility index (Phi) is 4.48. The molecule has 1 atom stereocenters. The van der Waals surface area contributed by atoms with E-state index >= 15 is 0 Å². The fraction of sp³-hybridized carbons (Fsp3) is 0.571. The van der Waals surface area contributed by atoms with Crippen LogP contribution in [-0.4, -0.2) is 69.2 Å². The number of hydrogen-bond donors (Lipinski definition) is 0. The summed E-state index contributed by atoms with van der Waals surface area (Å²) >= 11 is 0. The number of anilines is 2. The summed E-state index contributed by atoms with van der Waals surface area (Å²) in [7, 11) is 3.72. The van der Waals surface area contributed by atoms with Crippen molar-refractivity contribution in [3.8, 4) is 0 Å². The number of rotatable bonds is 3. The second-order valence-corrected chi connectivity index (χ2v) is 8.88. The summed E-state index contributed by atoms with van der Waals surface area (Å²) in [5, 5.41) is -0.865. The minimum Gasteiger partial charge on any atom is -0.368 e. The topological polar surface area (TPSA) is 73.8 Å². The molecule has 9 heteroatoms. The van der Waals surface area contributed by atoms with Gasteiger partial charge in [-0.1, -0.05) is 0 Å². The quantitative estimate of drug-likeness (QED) is 0.733. The molecular formula is C14H19ClN4O3S. The van der Waals surface area contributed by atoms with Gasteiger partial charge in [-0.15, -0.1) is 0 Å². The van der Waals surface area contributed by atoms with Crippen molar-refractivity contribution in [2.75, 3.05) is 49.6 Å². The minimum absolute atomic E-state index is 0.0610. The molecule has 1 aromatic heterocycles. The summed E-state index contributed by atoms with van der Waals surface area (Å²) in [5.41, 5.74) is 1.01. The van der Waals surface area contributed by atoms with Crippen molar-refractivity contribution in [1.82, 2.24) is 9.88 Å². The average Bonchev–Trinajstić information content (AvgIpc) is 2.90. The van der Waals surface area contributed by atoms with Crippen LogP contribution >= 0.6 is 10.7 Å². The fourth-order valence-electron chi connectivity index (χ4n) is 2.87. The molecule has 1 unspecified atom stereocenters. The van der Waals surface area contributed by atoms with Gasteiger partial charge in [-0.2, -0.15) is 0 Å². The molecule has 2 saturated heterocycles. The van der Waals surface area contributed by atoms with Crippen molar-refractivity contribution in [1.29, 1.82) is 0 Å². The molecule has 0 aliphatic carbocycles. The van der Waals surface area contributed by atoms with Crippen molar-refractivity contribution in [3.63, 3.8) is 0 Å². The minimum atomic E-state index is -3.74. The molecule has 126 valence electrons. The molecule has 0 bridgehead atoms. The molecule has 1 aromatic rings. The molecule has 0 radical (unpaired) electrons. The Balaban J connectivity index is 1.71. The van der Waals surface area contributed by atoms with E-state index in [1.165, 1.54) is 4.90 Å². The summed E-state index contributed by atoms with van der Waals surface area (Å²) in [4.78, 5) is 22.2. The van der Waals surface area contributed by atoms with Crippen LogP contribution in [0.1, 0.15) is 6.42 Å². The van der Waals surface area contributed by atoms with Gasteiger partial charge < -0.3 is 9.80 Å². The summed E-state index contributed by atoms with van der Waals surface area (Å²) in [6, 6.07) is 3.68. The molecule has 3 rings (SSSR count). The molecule has 0 aromatic carbocycles. The first-order chi connectivity index (χ1) is 10.8. The smallest absolute Gasteiger partial charge is 0.237 e. The third-order valence-electron chi connectivity index (χ3n) is 4.36. The molecular weight excluding hydrogens is 340 g/mol. The van der Waals surface area contributed by atoms with Crippen LogP contribution in [0.2, 0.25) is 0 Å². The van der Waals surface area contributed by atoms with Crippen molar-refractivity contribution in [3.05, 3.63) is 18.3 Å².